The van der Waals surface area contributed by atoms with E-state index in [1.54, 1.807) is 42.6 Å². The third-order valence-electron chi connectivity index (χ3n) is 3.91. The van der Waals surface area contributed by atoms with Crippen LogP contribution >= 0.6 is 0 Å². The van der Waals surface area contributed by atoms with Crippen LogP contribution in [-0.2, 0) is 6.42 Å². The van der Waals surface area contributed by atoms with Gasteiger partial charge in [-0.2, -0.15) is 0 Å². The highest BCUT2D eigenvalue weighted by Gasteiger charge is 2.15. The van der Waals surface area contributed by atoms with Gasteiger partial charge in [-0.3, -0.25) is 9.59 Å². The number of aryl methyl sites for hydroxylation is 1. The summed E-state index contributed by atoms with van der Waals surface area (Å²) in [5.74, 6) is -0.553. The molecule has 126 valence electrons. The van der Waals surface area contributed by atoms with Gasteiger partial charge in [-0.05, 0) is 42.3 Å². The molecular formula is C20H19N3O2. The first-order chi connectivity index (χ1) is 12.2. The molecule has 0 spiro atoms. The molecule has 25 heavy (non-hydrogen) atoms. The molecule has 0 saturated heterocycles. The Bertz CT molecular complexity index is 885. The molecule has 0 unspecified atom stereocenters. The Morgan fingerprint density at radius 1 is 0.840 bits per heavy atom. The molecule has 5 heteroatoms. The molecule has 0 fully saturated rings. The number of carbonyl (C=O) groups excluding carboxylic acids is 2. The lowest BCUT2D eigenvalue weighted by Crippen LogP contribution is -2.18. The second-order valence-electron chi connectivity index (χ2n) is 5.55. The van der Waals surface area contributed by atoms with Crippen LogP contribution in [-0.4, -0.2) is 16.8 Å². The predicted molar refractivity (Wildman–Crippen MR) is 99.0 cm³/mol. The molecule has 0 aliphatic carbocycles. The fourth-order valence-corrected chi connectivity index (χ4v) is 2.59. The number of hydrogen-bond acceptors (Lipinski definition) is 2. The monoisotopic (exact) mass is 333 g/mol. The van der Waals surface area contributed by atoms with Gasteiger partial charge in [0.2, 0.25) is 0 Å². The molecule has 5 nitrogen and oxygen atoms in total. The zero-order valence-corrected chi connectivity index (χ0v) is 13.9. The summed E-state index contributed by atoms with van der Waals surface area (Å²) in [7, 11) is 0. The second-order valence-corrected chi connectivity index (χ2v) is 5.55. The third-order valence-corrected chi connectivity index (χ3v) is 3.91. The molecule has 0 radical (unpaired) electrons. The van der Waals surface area contributed by atoms with Crippen LogP contribution in [0.15, 0.2) is 66.9 Å². The minimum Gasteiger partial charge on any atom is -0.357 e. The number of aromatic amines is 1. The Morgan fingerprint density at radius 2 is 1.52 bits per heavy atom. The highest BCUT2D eigenvalue weighted by Crippen LogP contribution is 2.20. The number of anilines is 2. The number of aromatic nitrogens is 1. The lowest BCUT2D eigenvalue weighted by Gasteiger charge is -2.13. The molecular weight excluding hydrogens is 314 g/mol. The predicted octanol–water partition coefficient (Wildman–Crippen LogP) is 4.08. The fourth-order valence-electron chi connectivity index (χ4n) is 2.59. The van der Waals surface area contributed by atoms with E-state index in [2.05, 4.69) is 15.6 Å². The molecule has 1 heterocycles. The average Bonchev–Trinajstić information content (AvgIpc) is 3.17. The van der Waals surface area contributed by atoms with Gasteiger partial charge >= 0.3 is 0 Å². The van der Waals surface area contributed by atoms with Crippen LogP contribution in [0.5, 0.6) is 0 Å². The van der Waals surface area contributed by atoms with Gasteiger partial charge in [-0.25, -0.2) is 0 Å². The van der Waals surface area contributed by atoms with Crippen molar-refractivity contribution in [1.29, 1.82) is 0 Å². The van der Waals surface area contributed by atoms with Crippen molar-refractivity contribution in [3.63, 3.8) is 0 Å². The molecule has 0 aliphatic heterocycles. The largest absolute Gasteiger partial charge is 0.357 e. The summed E-state index contributed by atoms with van der Waals surface area (Å²) in [5, 5.41) is 5.71. The van der Waals surface area contributed by atoms with Gasteiger partial charge < -0.3 is 15.6 Å². The number of carbonyl (C=O) groups is 2. The summed E-state index contributed by atoms with van der Waals surface area (Å²) in [6, 6.07) is 18.0. The molecule has 0 aliphatic rings. The van der Waals surface area contributed by atoms with Gasteiger partial charge in [-0.1, -0.05) is 37.3 Å². The second kappa shape index (κ2) is 7.49. The highest BCUT2D eigenvalue weighted by atomic mass is 16.2. The molecule has 1 aromatic heterocycles. The van der Waals surface area contributed by atoms with Crippen LogP contribution in [0.2, 0.25) is 0 Å². The van der Waals surface area contributed by atoms with E-state index in [1.165, 1.54) is 0 Å². The quantitative estimate of drug-likeness (QED) is 0.658. The van der Waals surface area contributed by atoms with Crippen molar-refractivity contribution in [3.8, 4) is 0 Å². The number of hydrogen-bond donors (Lipinski definition) is 3. The molecule has 0 saturated carbocycles. The van der Waals surface area contributed by atoms with E-state index in [-0.39, 0.29) is 11.8 Å². The van der Waals surface area contributed by atoms with E-state index in [0.717, 1.165) is 17.7 Å². The van der Waals surface area contributed by atoms with E-state index in [9.17, 15) is 9.59 Å². The van der Waals surface area contributed by atoms with Crippen LogP contribution in [0.1, 0.15) is 33.3 Å². The third kappa shape index (κ3) is 3.77. The molecule has 3 rings (SSSR count). The Hall–Kier alpha value is -3.34. The first kappa shape index (κ1) is 16.5. The fraction of sp³-hybridized carbons (Fsp3) is 0.100. The van der Waals surface area contributed by atoms with Crippen LogP contribution in [0, 0.1) is 0 Å². The van der Waals surface area contributed by atoms with Crippen molar-refractivity contribution in [2.45, 2.75) is 13.3 Å². The van der Waals surface area contributed by atoms with E-state index in [4.69, 9.17) is 0 Å². The standard InChI is InChI=1S/C20H19N3O2/c1-2-14-8-3-5-10-16(14)22-19(24)15-9-4-6-11-17(15)23-20(25)18-12-7-13-21-18/h3-13,21H,2H2,1H3,(H,22,24)(H,23,25). The molecule has 3 aromatic rings. The van der Waals surface area contributed by atoms with Gasteiger partial charge in [0, 0.05) is 11.9 Å². The van der Waals surface area contributed by atoms with Crippen molar-refractivity contribution in [2.24, 2.45) is 0 Å². The lowest BCUT2D eigenvalue weighted by molar-refractivity contribution is 0.102. The van der Waals surface area contributed by atoms with Crippen molar-refractivity contribution < 1.29 is 9.59 Å². The Balaban J connectivity index is 1.82. The molecule has 2 amide bonds. The van der Waals surface area contributed by atoms with Crippen LogP contribution < -0.4 is 10.6 Å². The number of para-hydroxylation sites is 2. The summed E-state index contributed by atoms with van der Waals surface area (Å²) in [6.07, 6.45) is 2.50. The van der Waals surface area contributed by atoms with Crippen molar-refractivity contribution >= 4 is 23.2 Å². The van der Waals surface area contributed by atoms with Gasteiger partial charge in [0.1, 0.15) is 5.69 Å². The number of nitrogens with one attached hydrogen (secondary N) is 3. The molecule has 2 aromatic carbocycles. The summed E-state index contributed by atoms with van der Waals surface area (Å²) in [5.41, 5.74) is 3.15. The van der Waals surface area contributed by atoms with Crippen LogP contribution in [0.25, 0.3) is 0 Å². The van der Waals surface area contributed by atoms with Crippen LogP contribution in [0.4, 0.5) is 11.4 Å². The van der Waals surface area contributed by atoms with Gasteiger partial charge in [-0.15, -0.1) is 0 Å². The van der Waals surface area contributed by atoms with Gasteiger partial charge in [0.15, 0.2) is 0 Å². The molecule has 0 bridgehead atoms. The molecule has 0 atom stereocenters. The van der Waals surface area contributed by atoms with Crippen molar-refractivity contribution in [1.82, 2.24) is 4.98 Å². The summed E-state index contributed by atoms with van der Waals surface area (Å²) in [4.78, 5) is 27.8. The van der Waals surface area contributed by atoms with E-state index < -0.39 is 0 Å². The zero-order valence-electron chi connectivity index (χ0n) is 13.9. The van der Waals surface area contributed by atoms with E-state index in [0.29, 0.717) is 16.9 Å². The average molecular weight is 333 g/mol. The summed E-state index contributed by atoms with van der Waals surface area (Å²) in [6.45, 7) is 2.04. The Kier molecular flexibility index (Phi) is 4.95. The minimum absolute atomic E-state index is 0.261. The van der Waals surface area contributed by atoms with E-state index in [1.807, 2.05) is 31.2 Å². The number of rotatable bonds is 5. The van der Waals surface area contributed by atoms with Gasteiger partial charge in [0.25, 0.3) is 11.8 Å². The highest BCUT2D eigenvalue weighted by molar-refractivity contribution is 6.12. The van der Waals surface area contributed by atoms with E-state index >= 15 is 0 Å². The molecule has 3 N–H and O–H groups in total. The summed E-state index contributed by atoms with van der Waals surface area (Å²) >= 11 is 0. The SMILES string of the molecule is CCc1ccccc1NC(=O)c1ccccc1NC(=O)c1ccc[nH]1. The lowest BCUT2D eigenvalue weighted by atomic mass is 10.1. The number of amides is 2. The normalized spacial score (nSPS) is 10.3. The topological polar surface area (TPSA) is 74.0 Å². The van der Waals surface area contributed by atoms with Crippen molar-refractivity contribution in [3.05, 3.63) is 83.7 Å². The maximum absolute atomic E-state index is 12.7. The minimum atomic E-state index is -0.292. The zero-order chi connectivity index (χ0) is 17.6. The smallest absolute Gasteiger partial charge is 0.272 e. The first-order valence-electron chi connectivity index (χ1n) is 8.12. The maximum atomic E-state index is 12.7. The first-order valence-corrected chi connectivity index (χ1v) is 8.12. The maximum Gasteiger partial charge on any atom is 0.272 e. The summed E-state index contributed by atoms with van der Waals surface area (Å²) < 4.78 is 0. The Labute approximate surface area is 146 Å². The van der Waals surface area contributed by atoms with Crippen molar-refractivity contribution in [2.75, 3.05) is 10.6 Å². The number of H-pyrrole nitrogens is 1. The number of benzene rings is 2. The Morgan fingerprint density at radius 3 is 2.24 bits per heavy atom. The van der Waals surface area contributed by atoms with Crippen LogP contribution in [0.3, 0.4) is 0 Å². The van der Waals surface area contributed by atoms with Gasteiger partial charge in [0.05, 0.1) is 11.3 Å².